The van der Waals surface area contributed by atoms with E-state index >= 15 is 0 Å². The molecule has 0 fully saturated rings. The van der Waals surface area contributed by atoms with Gasteiger partial charge in [0.2, 0.25) is 0 Å². The first kappa shape index (κ1) is 14.7. The van der Waals surface area contributed by atoms with Crippen LogP contribution in [0.15, 0.2) is 29.4 Å². The van der Waals surface area contributed by atoms with E-state index in [1.807, 2.05) is 11.7 Å². The molecular weight excluding hydrogens is 220 g/mol. The van der Waals surface area contributed by atoms with Crippen molar-refractivity contribution in [2.75, 3.05) is 0 Å². The average molecular weight is 246 g/mol. The van der Waals surface area contributed by atoms with Gasteiger partial charge in [-0.1, -0.05) is 23.3 Å². The van der Waals surface area contributed by atoms with E-state index in [0.717, 1.165) is 19.3 Å². The normalized spacial score (nSPS) is 11.7. The topological polar surface area (TPSA) is 17.8 Å². The van der Waals surface area contributed by atoms with Crippen LogP contribution in [-0.2, 0) is 13.5 Å². The molecule has 0 N–H and O–H groups in total. The third kappa shape index (κ3) is 5.35. The number of aryl methyl sites for hydroxylation is 3. The molecule has 0 bridgehead atoms. The first-order valence-corrected chi connectivity index (χ1v) is 6.77. The Morgan fingerprint density at radius 2 is 1.94 bits per heavy atom. The number of hydrogen-bond donors (Lipinski definition) is 0. The van der Waals surface area contributed by atoms with Crippen LogP contribution in [0.3, 0.4) is 0 Å². The van der Waals surface area contributed by atoms with Gasteiger partial charge in [-0.25, -0.2) is 0 Å². The van der Waals surface area contributed by atoms with E-state index in [1.165, 1.54) is 29.0 Å². The van der Waals surface area contributed by atoms with Crippen molar-refractivity contribution in [3.63, 3.8) is 0 Å². The summed E-state index contributed by atoms with van der Waals surface area (Å²) in [5.41, 5.74) is 5.32. The van der Waals surface area contributed by atoms with Gasteiger partial charge < -0.3 is 0 Å². The minimum atomic E-state index is 1.04. The highest BCUT2D eigenvalue weighted by Gasteiger charge is 1.99. The van der Waals surface area contributed by atoms with Crippen molar-refractivity contribution in [1.29, 1.82) is 0 Å². The van der Waals surface area contributed by atoms with Crippen LogP contribution in [0.5, 0.6) is 0 Å². The maximum absolute atomic E-state index is 4.47. The summed E-state index contributed by atoms with van der Waals surface area (Å²) in [6, 6.07) is 2.17. The molecule has 100 valence electrons. The lowest BCUT2D eigenvalue weighted by Gasteiger charge is -1.99. The Hall–Kier alpha value is -1.31. The maximum Gasteiger partial charge on any atom is 0.0630 e. The summed E-state index contributed by atoms with van der Waals surface area (Å²) in [4.78, 5) is 0. The molecule has 1 rings (SSSR count). The Labute approximate surface area is 111 Å². The lowest BCUT2D eigenvalue weighted by atomic mass is 10.1. The third-order valence-electron chi connectivity index (χ3n) is 3.15. The molecule has 0 saturated carbocycles. The Bertz CT molecular complexity index is 412. The van der Waals surface area contributed by atoms with Crippen molar-refractivity contribution < 1.29 is 0 Å². The summed E-state index contributed by atoms with van der Waals surface area (Å²) in [6.45, 7) is 8.63. The van der Waals surface area contributed by atoms with Crippen LogP contribution in [0.25, 0.3) is 0 Å². The molecule has 0 amide bonds. The molecule has 0 radical (unpaired) electrons. The Balaban J connectivity index is 2.33. The molecule has 0 saturated heterocycles. The number of aromatic nitrogens is 2. The Kier molecular flexibility index (Phi) is 5.90. The van der Waals surface area contributed by atoms with Gasteiger partial charge in [-0.3, -0.25) is 4.68 Å². The van der Waals surface area contributed by atoms with E-state index in [9.17, 15) is 0 Å². The molecule has 0 atom stereocenters. The molecule has 0 aliphatic carbocycles. The van der Waals surface area contributed by atoms with Gasteiger partial charge in [-0.05, 0) is 59.4 Å². The first-order chi connectivity index (χ1) is 8.49. The third-order valence-corrected chi connectivity index (χ3v) is 3.15. The number of hydrogen-bond acceptors (Lipinski definition) is 1. The molecule has 18 heavy (non-hydrogen) atoms. The van der Waals surface area contributed by atoms with Crippen LogP contribution < -0.4 is 0 Å². The fourth-order valence-corrected chi connectivity index (χ4v) is 1.91. The number of nitrogens with zero attached hydrogens (tertiary/aromatic N) is 2. The quantitative estimate of drug-likeness (QED) is 0.682. The van der Waals surface area contributed by atoms with Crippen molar-refractivity contribution in [3.05, 3.63) is 40.8 Å². The Morgan fingerprint density at radius 1 is 1.22 bits per heavy atom. The van der Waals surface area contributed by atoms with Crippen LogP contribution >= 0.6 is 0 Å². The summed E-state index contributed by atoms with van der Waals surface area (Å²) >= 11 is 0. The zero-order valence-electron chi connectivity index (χ0n) is 12.5. The van der Waals surface area contributed by atoms with Gasteiger partial charge in [0.25, 0.3) is 0 Å². The molecule has 0 aliphatic heterocycles. The van der Waals surface area contributed by atoms with E-state index in [1.54, 1.807) is 0 Å². The summed E-state index contributed by atoms with van der Waals surface area (Å²) in [5, 5.41) is 4.47. The molecule has 1 aromatic rings. The second kappa shape index (κ2) is 7.20. The van der Waals surface area contributed by atoms with Crippen LogP contribution in [0.1, 0.15) is 51.4 Å². The van der Waals surface area contributed by atoms with Crippen LogP contribution in [-0.4, -0.2) is 9.78 Å². The highest BCUT2D eigenvalue weighted by atomic mass is 15.3. The molecule has 2 nitrogen and oxygen atoms in total. The number of rotatable bonds is 6. The largest absolute Gasteiger partial charge is 0.273 e. The second-order valence-corrected chi connectivity index (χ2v) is 5.31. The zero-order chi connectivity index (χ0) is 13.5. The summed E-state index contributed by atoms with van der Waals surface area (Å²) in [5.74, 6) is 0. The van der Waals surface area contributed by atoms with Crippen LogP contribution in [0, 0.1) is 6.92 Å². The molecule has 2 heteroatoms. The SMILES string of the molecule is CC(C)=CCC/C(C)=C/CCc1cc(C)n(C)n1. The van der Waals surface area contributed by atoms with E-state index in [0.29, 0.717) is 0 Å². The van der Waals surface area contributed by atoms with Gasteiger partial charge in [0.15, 0.2) is 0 Å². The molecule has 1 aromatic heterocycles. The van der Waals surface area contributed by atoms with Gasteiger partial charge in [-0.2, -0.15) is 5.10 Å². The number of allylic oxidation sites excluding steroid dienone is 4. The molecule has 0 spiro atoms. The highest BCUT2D eigenvalue weighted by molar-refractivity contribution is 5.10. The minimum Gasteiger partial charge on any atom is -0.273 e. The van der Waals surface area contributed by atoms with Gasteiger partial charge in [0.1, 0.15) is 0 Å². The van der Waals surface area contributed by atoms with Crippen molar-refractivity contribution in [2.24, 2.45) is 7.05 Å². The van der Waals surface area contributed by atoms with Crippen molar-refractivity contribution in [1.82, 2.24) is 9.78 Å². The lowest BCUT2D eigenvalue weighted by Crippen LogP contribution is -1.93. The van der Waals surface area contributed by atoms with Crippen molar-refractivity contribution in [2.45, 2.75) is 53.4 Å². The smallest absolute Gasteiger partial charge is 0.0630 e. The van der Waals surface area contributed by atoms with Crippen LogP contribution in [0.2, 0.25) is 0 Å². The van der Waals surface area contributed by atoms with E-state index < -0.39 is 0 Å². The zero-order valence-corrected chi connectivity index (χ0v) is 12.5. The van der Waals surface area contributed by atoms with Crippen LogP contribution in [0.4, 0.5) is 0 Å². The molecule has 1 heterocycles. The van der Waals surface area contributed by atoms with Gasteiger partial charge in [0, 0.05) is 12.7 Å². The predicted molar refractivity (Wildman–Crippen MR) is 78.7 cm³/mol. The van der Waals surface area contributed by atoms with Crippen molar-refractivity contribution in [3.8, 4) is 0 Å². The van der Waals surface area contributed by atoms with Gasteiger partial charge >= 0.3 is 0 Å². The molecule has 0 aromatic carbocycles. The molecule has 0 unspecified atom stereocenters. The standard InChI is InChI=1S/C16H26N2/c1-13(2)8-6-9-14(3)10-7-11-16-12-15(4)18(5)17-16/h8,10,12H,6-7,9,11H2,1-5H3/b14-10+. The first-order valence-electron chi connectivity index (χ1n) is 6.77. The molecule has 0 aliphatic rings. The Morgan fingerprint density at radius 3 is 2.50 bits per heavy atom. The lowest BCUT2D eigenvalue weighted by molar-refractivity contribution is 0.718. The molecular formula is C16H26N2. The van der Waals surface area contributed by atoms with E-state index in [2.05, 4.69) is 51.0 Å². The van der Waals surface area contributed by atoms with Gasteiger partial charge in [-0.15, -0.1) is 0 Å². The average Bonchev–Trinajstić information content (AvgIpc) is 2.57. The van der Waals surface area contributed by atoms with E-state index in [-0.39, 0.29) is 0 Å². The predicted octanol–water partition coefficient (Wildman–Crippen LogP) is 4.35. The fourth-order valence-electron chi connectivity index (χ4n) is 1.91. The second-order valence-electron chi connectivity index (χ2n) is 5.31. The minimum absolute atomic E-state index is 1.04. The van der Waals surface area contributed by atoms with E-state index in [4.69, 9.17) is 0 Å². The highest BCUT2D eigenvalue weighted by Crippen LogP contribution is 2.10. The summed E-state index contributed by atoms with van der Waals surface area (Å²) in [6.07, 6.45) is 9.13. The summed E-state index contributed by atoms with van der Waals surface area (Å²) in [7, 11) is 2.00. The summed E-state index contributed by atoms with van der Waals surface area (Å²) < 4.78 is 1.95. The fraction of sp³-hybridized carbons (Fsp3) is 0.562. The van der Waals surface area contributed by atoms with Gasteiger partial charge in [0.05, 0.1) is 5.69 Å². The maximum atomic E-state index is 4.47. The van der Waals surface area contributed by atoms with Crippen molar-refractivity contribution >= 4 is 0 Å². The monoisotopic (exact) mass is 246 g/mol.